The molecule has 2 aromatic rings. The number of rotatable bonds is 10. The van der Waals surface area contributed by atoms with Crippen molar-refractivity contribution in [1.29, 1.82) is 0 Å². The van der Waals surface area contributed by atoms with Crippen molar-refractivity contribution in [1.82, 2.24) is 10.2 Å². The van der Waals surface area contributed by atoms with Gasteiger partial charge in [0.2, 0.25) is 0 Å². The zero-order valence-corrected chi connectivity index (χ0v) is 23.8. The first-order valence-corrected chi connectivity index (χ1v) is 13.0. The summed E-state index contributed by atoms with van der Waals surface area (Å²) < 4.78 is 22.1. The summed E-state index contributed by atoms with van der Waals surface area (Å²) in [6.45, 7) is 9.83. The Morgan fingerprint density at radius 2 is 1.72 bits per heavy atom. The first kappa shape index (κ1) is 29.5. The predicted molar refractivity (Wildman–Crippen MR) is 152 cm³/mol. The molecule has 1 aliphatic heterocycles. The fourth-order valence-corrected chi connectivity index (χ4v) is 4.60. The molecule has 1 heterocycles. The highest BCUT2D eigenvalue weighted by Crippen LogP contribution is 2.39. The Hall–Kier alpha value is -4.05. The Balaban J connectivity index is 2.16. The molecule has 1 atom stereocenters. The highest BCUT2D eigenvalue weighted by atomic mass is 32.1. The predicted octanol–water partition coefficient (Wildman–Crippen LogP) is 4.90. The van der Waals surface area contributed by atoms with Crippen LogP contribution in [0.2, 0.25) is 0 Å². The van der Waals surface area contributed by atoms with Gasteiger partial charge in [-0.2, -0.15) is 0 Å². The van der Waals surface area contributed by atoms with Gasteiger partial charge in [0.1, 0.15) is 0 Å². The summed E-state index contributed by atoms with van der Waals surface area (Å²) in [5, 5.41) is 13.1. The Morgan fingerprint density at radius 3 is 2.36 bits per heavy atom. The summed E-state index contributed by atoms with van der Waals surface area (Å²) in [4.78, 5) is 28.5. The maximum atomic E-state index is 13.9. The van der Waals surface area contributed by atoms with E-state index in [1.54, 1.807) is 57.2 Å². The summed E-state index contributed by atoms with van der Waals surface area (Å²) in [6.07, 6.45) is 1.66. The molecule has 1 unspecified atom stereocenters. The van der Waals surface area contributed by atoms with Crippen LogP contribution in [-0.4, -0.2) is 53.9 Å². The molecule has 0 saturated carbocycles. The van der Waals surface area contributed by atoms with Crippen LogP contribution in [0.15, 0.2) is 53.2 Å². The fourth-order valence-electron chi connectivity index (χ4n) is 4.26. The fraction of sp³-hybridized carbons (Fsp3) is 0.345. The molecule has 1 aliphatic rings. The van der Waals surface area contributed by atoms with E-state index in [4.69, 9.17) is 31.2 Å². The second-order valence-electron chi connectivity index (χ2n) is 8.60. The van der Waals surface area contributed by atoms with E-state index in [-0.39, 0.29) is 28.8 Å². The van der Waals surface area contributed by atoms with E-state index in [9.17, 15) is 14.7 Å². The molecule has 3 rings (SSSR count). The van der Waals surface area contributed by atoms with E-state index in [0.29, 0.717) is 47.1 Å². The number of methoxy groups -OCH3 is 1. The van der Waals surface area contributed by atoms with Crippen LogP contribution in [0, 0.1) is 0 Å². The Bertz CT molecular complexity index is 1320. The van der Waals surface area contributed by atoms with Gasteiger partial charge >= 0.3 is 5.97 Å². The van der Waals surface area contributed by atoms with Gasteiger partial charge in [0.05, 0.1) is 38.5 Å². The summed E-state index contributed by atoms with van der Waals surface area (Å²) in [6, 6.07) is 9.16. The number of phenolic OH excluding ortho intramolecular Hbond substituents is 1. The molecule has 0 fully saturated rings. The minimum Gasteiger partial charge on any atom is -0.504 e. The number of allylic oxidation sites excluding steroid dienone is 1. The van der Waals surface area contributed by atoms with E-state index in [1.165, 1.54) is 18.1 Å². The molecule has 0 saturated heterocycles. The molecule has 0 aromatic heterocycles. The monoisotopic (exact) mass is 554 g/mol. The van der Waals surface area contributed by atoms with Crippen molar-refractivity contribution in [3.8, 4) is 23.0 Å². The van der Waals surface area contributed by atoms with E-state index in [1.807, 2.05) is 13.8 Å². The van der Waals surface area contributed by atoms with E-state index >= 15 is 0 Å². The zero-order chi connectivity index (χ0) is 28.7. The average molecular weight is 555 g/mol. The van der Waals surface area contributed by atoms with E-state index in [2.05, 4.69) is 5.32 Å². The standard InChI is InChI=1S/C29H34N2O7S/c1-7-36-22-13-11-20(16-24(22)37-8-2)26-25(28(34)38-9-3)18(5)30-29(39)31(26)27(33)17(4)14-19-10-12-21(32)23(15-19)35-6/h10-16,26,32H,7-9H2,1-6H3,(H,30,39)/b17-14+. The van der Waals surface area contributed by atoms with Gasteiger partial charge in [-0.1, -0.05) is 12.1 Å². The van der Waals surface area contributed by atoms with Gasteiger partial charge in [-0.05, 0) is 88.3 Å². The first-order chi connectivity index (χ1) is 18.7. The molecule has 0 aliphatic carbocycles. The summed E-state index contributed by atoms with van der Waals surface area (Å²) in [5.74, 6) is 0.305. The van der Waals surface area contributed by atoms with Gasteiger partial charge in [-0.3, -0.25) is 9.69 Å². The van der Waals surface area contributed by atoms with Crippen molar-refractivity contribution in [2.24, 2.45) is 0 Å². The summed E-state index contributed by atoms with van der Waals surface area (Å²) in [7, 11) is 1.45. The van der Waals surface area contributed by atoms with Gasteiger partial charge in [0.25, 0.3) is 5.91 Å². The highest BCUT2D eigenvalue weighted by molar-refractivity contribution is 7.80. The van der Waals surface area contributed by atoms with E-state index < -0.39 is 17.9 Å². The van der Waals surface area contributed by atoms with Crippen molar-refractivity contribution in [3.05, 3.63) is 64.4 Å². The van der Waals surface area contributed by atoms with Crippen molar-refractivity contribution < 1.29 is 33.6 Å². The number of hydrogen-bond acceptors (Lipinski definition) is 8. The molecule has 208 valence electrons. The number of nitrogens with one attached hydrogen (secondary N) is 1. The zero-order valence-electron chi connectivity index (χ0n) is 23.0. The average Bonchev–Trinajstić information content (AvgIpc) is 2.90. The molecule has 1 amide bonds. The van der Waals surface area contributed by atoms with Crippen LogP contribution in [0.4, 0.5) is 0 Å². The molecule has 39 heavy (non-hydrogen) atoms. The maximum Gasteiger partial charge on any atom is 0.338 e. The maximum absolute atomic E-state index is 13.9. The minimum atomic E-state index is -0.891. The largest absolute Gasteiger partial charge is 0.504 e. The van der Waals surface area contributed by atoms with Crippen molar-refractivity contribution >= 4 is 35.3 Å². The third-order valence-corrected chi connectivity index (χ3v) is 6.27. The van der Waals surface area contributed by atoms with E-state index in [0.717, 1.165) is 0 Å². The van der Waals surface area contributed by atoms with Crippen LogP contribution in [-0.2, 0) is 14.3 Å². The van der Waals surface area contributed by atoms with Crippen LogP contribution in [0.3, 0.4) is 0 Å². The van der Waals surface area contributed by atoms with Gasteiger partial charge in [-0.15, -0.1) is 0 Å². The first-order valence-electron chi connectivity index (χ1n) is 12.6. The number of aromatic hydroxyl groups is 1. The van der Waals surface area contributed by atoms with Crippen molar-refractivity contribution in [2.45, 2.75) is 40.7 Å². The minimum absolute atomic E-state index is 0.0135. The van der Waals surface area contributed by atoms with Gasteiger partial charge in [-0.25, -0.2) is 4.79 Å². The second-order valence-corrected chi connectivity index (χ2v) is 8.98. The topological polar surface area (TPSA) is 107 Å². The van der Waals surface area contributed by atoms with Gasteiger partial charge < -0.3 is 29.4 Å². The molecule has 10 heteroatoms. The summed E-state index contributed by atoms with van der Waals surface area (Å²) in [5.41, 5.74) is 2.32. The third-order valence-electron chi connectivity index (χ3n) is 5.97. The van der Waals surface area contributed by atoms with Crippen LogP contribution < -0.4 is 19.5 Å². The van der Waals surface area contributed by atoms with Crippen molar-refractivity contribution in [3.63, 3.8) is 0 Å². The molecule has 0 bridgehead atoms. The Labute approximate surface area is 234 Å². The number of amides is 1. The van der Waals surface area contributed by atoms with Gasteiger partial charge in [0, 0.05) is 11.3 Å². The number of carbonyl (C=O) groups excluding carboxylic acids is 2. The molecular weight excluding hydrogens is 520 g/mol. The van der Waals surface area contributed by atoms with Crippen LogP contribution in [0.5, 0.6) is 23.0 Å². The smallest absolute Gasteiger partial charge is 0.338 e. The number of esters is 1. The number of thiocarbonyl (C=S) groups is 1. The van der Waals surface area contributed by atoms with Crippen LogP contribution in [0.25, 0.3) is 6.08 Å². The summed E-state index contributed by atoms with van der Waals surface area (Å²) >= 11 is 5.63. The lowest BCUT2D eigenvalue weighted by molar-refractivity contribution is -0.139. The Morgan fingerprint density at radius 1 is 1.03 bits per heavy atom. The lowest BCUT2D eigenvalue weighted by atomic mass is 9.92. The van der Waals surface area contributed by atoms with Crippen molar-refractivity contribution in [2.75, 3.05) is 26.9 Å². The number of benzene rings is 2. The van der Waals surface area contributed by atoms with Crippen LogP contribution >= 0.6 is 12.2 Å². The molecule has 0 radical (unpaired) electrons. The lowest BCUT2D eigenvalue weighted by Crippen LogP contribution is -2.51. The molecule has 0 spiro atoms. The number of hydrogen-bond donors (Lipinski definition) is 2. The second kappa shape index (κ2) is 13.1. The van der Waals surface area contributed by atoms with Gasteiger partial charge in [0.15, 0.2) is 28.1 Å². The molecule has 9 nitrogen and oxygen atoms in total. The molecule has 2 aromatic carbocycles. The normalized spacial score (nSPS) is 15.5. The number of ether oxygens (including phenoxy) is 4. The highest BCUT2D eigenvalue weighted by Gasteiger charge is 2.40. The molecular formula is C29H34N2O7S. The lowest BCUT2D eigenvalue weighted by Gasteiger charge is -2.38. The SMILES string of the molecule is CCOC(=O)C1=C(C)NC(=S)N(C(=O)/C(C)=C/c2ccc(O)c(OC)c2)C1c1ccc(OCC)c(OCC)c1. The third kappa shape index (κ3) is 6.51. The number of carbonyl (C=O) groups is 2. The number of phenols is 1. The number of nitrogens with zero attached hydrogens (tertiary/aromatic N) is 1. The quantitative estimate of drug-likeness (QED) is 0.241. The Kier molecular flexibility index (Phi) is 9.95. The molecule has 2 N–H and O–H groups in total. The van der Waals surface area contributed by atoms with Crippen LogP contribution in [0.1, 0.15) is 51.8 Å².